The molecule has 0 fully saturated rings. The van der Waals surface area contributed by atoms with Crippen LogP contribution in [-0.2, 0) is 19.6 Å². The maximum atomic E-state index is 12.3. The monoisotopic (exact) mass is 352 g/mol. The summed E-state index contributed by atoms with van der Waals surface area (Å²) < 4.78 is 25.9. The normalized spacial score (nSPS) is 12.0. The zero-order valence-electron chi connectivity index (χ0n) is 13.9. The van der Waals surface area contributed by atoms with Gasteiger partial charge in [-0.2, -0.15) is 4.31 Å². The molecule has 0 bridgehead atoms. The van der Waals surface area contributed by atoms with Gasteiger partial charge >= 0.3 is 11.9 Å². The van der Waals surface area contributed by atoms with Gasteiger partial charge in [0.15, 0.2) is 0 Å². The van der Waals surface area contributed by atoms with Gasteiger partial charge in [-0.05, 0) is 6.42 Å². The molecule has 2 N–H and O–H groups in total. The molecule has 0 atom stereocenters. The number of sulfonamides is 1. The molecule has 0 aliphatic carbocycles. The van der Waals surface area contributed by atoms with E-state index in [0.29, 0.717) is 6.42 Å². The number of hydrogen-bond acceptors (Lipinski definition) is 5. The first kappa shape index (κ1) is 21.8. The Kier molecular flexibility index (Phi) is 10.8. The van der Waals surface area contributed by atoms with E-state index in [4.69, 9.17) is 10.2 Å². The average molecular weight is 352 g/mol. The molecule has 0 heterocycles. The minimum atomic E-state index is -3.47. The third kappa shape index (κ3) is 10.2. The van der Waals surface area contributed by atoms with E-state index < -0.39 is 28.5 Å². The van der Waals surface area contributed by atoms with Gasteiger partial charge in [-0.3, -0.25) is 14.5 Å². The summed E-state index contributed by atoms with van der Waals surface area (Å²) in [7, 11) is -3.47. The van der Waals surface area contributed by atoms with Gasteiger partial charge in [-0.25, -0.2) is 8.42 Å². The topological polar surface area (TPSA) is 115 Å². The standard InChI is InChI=1S/C14H28N2O6S/c1-3-5-6-7-10-23(21,22)16(4-2)12-15(11-14(19)20)9-8-13(17)18/h3-12H2,1-2H3,(H,17,18)(H,19,20). The van der Waals surface area contributed by atoms with Gasteiger partial charge in [0.1, 0.15) is 0 Å². The summed E-state index contributed by atoms with van der Waals surface area (Å²) in [5.74, 6) is -2.14. The molecule has 0 aromatic carbocycles. The molecule has 9 heteroatoms. The second-order valence-corrected chi connectivity index (χ2v) is 7.46. The highest BCUT2D eigenvalue weighted by Crippen LogP contribution is 2.09. The third-order valence-electron chi connectivity index (χ3n) is 3.36. The van der Waals surface area contributed by atoms with Crippen LogP contribution >= 0.6 is 0 Å². The predicted molar refractivity (Wildman–Crippen MR) is 86.6 cm³/mol. The fourth-order valence-corrected chi connectivity index (χ4v) is 3.65. The molecule has 0 aliphatic rings. The van der Waals surface area contributed by atoms with Gasteiger partial charge in [-0.1, -0.05) is 33.1 Å². The molecule has 0 unspecified atom stereocenters. The van der Waals surface area contributed by atoms with Gasteiger partial charge in [0.25, 0.3) is 0 Å². The van der Waals surface area contributed by atoms with E-state index in [1.165, 1.54) is 9.21 Å². The number of unbranched alkanes of at least 4 members (excludes halogenated alkanes) is 3. The van der Waals surface area contributed by atoms with E-state index in [0.717, 1.165) is 19.3 Å². The number of aliphatic carboxylic acids is 2. The van der Waals surface area contributed by atoms with Crippen LogP contribution in [0.1, 0.15) is 46.0 Å². The van der Waals surface area contributed by atoms with Crippen LogP contribution in [0.15, 0.2) is 0 Å². The highest BCUT2D eigenvalue weighted by atomic mass is 32.2. The minimum Gasteiger partial charge on any atom is -0.481 e. The zero-order valence-corrected chi connectivity index (χ0v) is 14.7. The highest BCUT2D eigenvalue weighted by molar-refractivity contribution is 7.89. The largest absolute Gasteiger partial charge is 0.481 e. The van der Waals surface area contributed by atoms with E-state index in [9.17, 15) is 18.0 Å². The van der Waals surface area contributed by atoms with Crippen molar-refractivity contribution in [1.29, 1.82) is 0 Å². The Hall–Kier alpha value is -1.19. The summed E-state index contributed by atoms with van der Waals surface area (Å²) >= 11 is 0. The lowest BCUT2D eigenvalue weighted by molar-refractivity contribution is -0.141. The van der Waals surface area contributed by atoms with E-state index in [2.05, 4.69) is 0 Å². The Balaban J connectivity index is 4.74. The molecule has 0 saturated heterocycles. The molecule has 0 amide bonds. The average Bonchev–Trinajstić information content (AvgIpc) is 2.45. The lowest BCUT2D eigenvalue weighted by Crippen LogP contribution is -2.44. The second-order valence-electron chi connectivity index (χ2n) is 5.38. The Bertz CT molecular complexity index is 466. The van der Waals surface area contributed by atoms with Crippen molar-refractivity contribution in [2.24, 2.45) is 0 Å². The molecule has 23 heavy (non-hydrogen) atoms. The number of hydrogen-bond donors (Lipinski definition) is 2. The van der Waals surface area contributed by atoms with Crippen molar-refractivity contribution in [2.75, 3.05) is 32.1 Å². The third-order valence-corrected chi connectivity index (χ3v) is 5.33. The van der Waals surface area contributed by atoms with Crippen LogP contribution in [0.25, 0.3) is 0 Å². The summed E-state index contributed by atoms with van der Waals surface area (Å²) in [6.07, 6.45) is 3.16. The molecule has 0 rings (SSSR count). The summed E-state index contributed by atoms with van der Waals surface area (Å²) in [5.41, 5.74) is 0. The van der Waals surface area contributed by atoms with E-state index >= 15 is 0 Å². The quantitative estimate of drug-likeness (QED) is 0.354. The Labute approximate surface area is 138 Å². The van der Waals surface area contributed by atoms with Crippen molar-refractivity contribution < 1.29 is 28.2 Å². The van der Waals surface area contributed by atoms with Crippen LogP contribution in [0.5, 0.6) is 0 Å². The molecular weight excluding hydrogens is 324 g/mol. The van der Waals surface area contributed by atoms with Gasteiger partial charge in [-0.15, -0.1) is 0 Å². The van der Waals surface area contributed by atoms with Crippen LogP contribution in [0.4, 0.5) is 0 Å². The van der Waals surface area contributed by atoms with Gasteiger partial charge in [0.2, 0.25) is 10.0 Å². The molecule has 0 aliphatic heterocycles. The van der Waals surface area contributed by atoms with Gasteiger partial charge in [0, 0.05) is 13.1 Å². The number of nitrogens with zero attached hydrogens (tertiary/aromatic N) is 2. The first-order valence-electron chi connectivity index (χ1n) is 7.86. The van der Waals surface area contributed by atoms with E-state index in [-0.39, 0.29) is 31.9 Å². The molecule has 0 saturated carbocycles. The van der Waals surface area contributed by atoms with Gasteiger partial charge in [0.05, 0.1) is 25.4 Å². The number of carboxylic acid groups (broad SMARTS) is 2. The van der Waals surface area contributed by atoms with Crippen molar-refractivity contribution in [1.82, 2.24) is 9.21 Å². The lowest BCUT2D eigenvalue weighted by Gasteiger charge is -2.27. The first-order valence-corrected chi connectivity index (χ1v) is 9.47. The molecule has 0 radical (unpaired) electrons. The molecule has 0 aromatic rings. The first-order chi connectivity index (χ1) is 10.7. The van der Waals surface area contributed by atoms with Crippen LogP contribution in [0.3, 0.4) is 0 Å². The van der Waals surface area contributed by atoms with Crippen molar-refractivity contribution >= 4 is 22.0 Å². The summed E-state index contributed by atoms with van der Waals surface area (Å²) in [6, 6.07) is 0. The Morgan fingerprint density at radius 2 is 1.65 bits per heavy atom. The summed E-state index contributed by atoms with van der Waals surface area (Å²) in [4.78, 5) is 22.8. The SMILES string of the molecule is CCCCCCS(=O)(=O)N(CC)CN(CCC(=O)O)CC(=O)O. The highest BCUT2D eigenvalue weighted by Gasteiger charge is 2.23. The lowest BCUT2D eigenvalue weighted by atomic mass is 10.2. The maximum Gasteiger partial charge on any atom is 0.317 e. The maximum absolute atomic E-state index is 12.3. The molecule has 0 aromatic heterocycles. The smallest absolute Gasteiger partial charge is 0.317 e. The Morgan fingerprint density at radius 3 is 2.13 bits per heavy atom. The number of rotatable bonds is 14. The van der Waals surface area contributed by atoms with Crippen molar-refractivity contribution in [3.05, 3.63) is 0 Å². The molecule has 0 spiro atoms. The molecule has 8 nitrogen and oxygen atoms in total. The van der Waals surface area contributed by atoms with Gasteiger partial charge < -0.3 is 10.2 Å². The van der Waals surface area contributed by atoms with Crippen molar-refractivity contribution in [3.63, 3.8) is 0 Å². The van der Waals surface area contributed by atoms with Crippen LogP contribution in [-0.4, -0.2) is 71.8 Å². The fraction of sp³-hybridized carbons (Fsp3) is 0.857. The summed E-state index contributed by atoms with van der Waals surface area (Å²) in [5, 5.41) is 17.6. The van der Waals surface area contributed by atoms with Crippen molar-refractivity contribution in [3.8, 4) is 0 Å². The second kappa shape index (κ2) is 11.4. The van der Waals surface area contributed by atoms with Crippen LogP contribution in [0, 0.1) is 0 Å². The van der Waals surface area contributed by atoms with E-state index in [1.807, 2.05) is 6.92 Å². The molecule has 136 valence electrons. The van der Waals surface area contributed by atoms with Crippen LogP contribution < -0.4 is 0 Å². The van der Waals surface area contributed by atoms with Crippen molar-refractivity contribution in [2.45, 2.75) is 46.0 Å². The minimum absolute atomic E-state index is 0.0104. The predicted octanol–water partition coefficient (Wildman–Crippen LogP) is 1.04. The molecular formula is C14H28N2O6S. The zero-order chi connectivity index (χ0) is 17.9. The van der Waals surface area contributed by atoms with E-state index in [1.54, 1.807) is 6.92 Å². The number of carbonyl (C=O) groups is 2. The Morgan fingerprint density at radius 1 is 1.00 bits per heavy atom. The number of carboxylic acids is 2. The fourth-order valence-electron chi connectivity index (χ4n) is 2.09. The van der Waals surface area contributed by atoms with Crippen LogP contribution in [0.2, 0.25) is 0 Å². The summed E-state index contributed by atoms with van der Waals surface area (Å²) in [6.45, 7) is 3.43.